The van der Waals surface area contributed by atoms with Crippen LogP contribution in [0.25, 0.3) is 0 Å². The van der Waals surface area contributed by atoms with Crippen LogP contribution in [0, 0.1) is 6.92 Å². The molecule has 0 bridgehead atoms. The molecule has 5 nitrogen and oxygen atoms in total. The van der Waals surface area contributed by atoms with Gasteiger partial charge in [0, 0.05) is 6.42 Å². The Bertz CT molecular complexity index is 745. The van der Waals surface area contributed by atoms with E-state index >= 15 is 0 Å². The van der Waals surface area contributed by atoms with E-state index in [1.165, 1.54) is 11.1 Å². The van der Waals surface area contributed by atoms with Crippen LogP contribution in [-0.2, 0) is 6.42 Å². The molecule has 3 N–H and O–H groups in total. The number of ether oxygens (including phenoxy) is 3. The van der Waals surface area contributed by atoms with Gasteiger partial charge in [-0.2, -0.15) is 0 Å². The third-order valence-electron chi connectivity index (χ3n) is 4.75. The fraction of sp³-hybridized carbons (Fsp3) is 0.478. The third-order valence-corrected chi connectivity index (χ3v) is 4.75. The molecular weight excluding hydrogens is 354 g/mol. The highest BCUT2D eigenvalue weighted by molar-refractivity contribution is 5.43. The van der Waals surface area contributed by atoms with Crippen LogP contribution in [0.15, 0.2) is 36.4 Å². The van der Waals surface area contributed by atoms with Crippen LogP contribution in [0.4, 0.5) is 0 Å². The largest absolute Gasteiger partial charge is 0.493 e. The molecule has 154 valence electrons. The van der Waals surface area contributed by atoms with E-state index in [1.54, 1.807) is 14.2 Å². The highest BCUT2D eigenvalue weighted by Crippen LogP contribution is 2.28. The molecule has 0 saturated carbocycles. The van der Waals surface area contributed by atoms with Crippen molar-refractivity contribution in [3.8, 4) is 17.2 Å². The first-order valence-corrected chi connectivity index (χ1v) is 9.88. The number of hydrogen-bond donors (Lipinski definition) is 2. The molecule has 5 heteroatoms. The number of aliphatic hydroxyl groups is 1. The van der Waals surface area contributed by atoms with Crippen LogP contribution < -0.4 is 19.5 Å². The minimum atomic E-state index is -0.508. The van der Waals surface area contributed by atoms with Crippen molar-refractivity contribution in [1.82, 2.24) is 0 Å². The minimum Gasteiger partial charge on any atom is -0.493 e. The third kappa shape index (κ3) is 6.43. The monoisotopic (exact) mass is 388 g/mol. The molecule has 0 saturated heterocycles. The summed E-state index contributed by atoms with van der Waals surface area (Å²) in [5.74, 6) is 2.74. The molecule has 0 aliphatic heterocycles. The van der Waals surface area contributed by atoms with Crippen LogP contribution in [0.1, 0.15) is 36.5 Å². The van der Waals surface area contributed by atoms with Crippen molar-refractivity contribution >= 4 is 0 Å². The lowest BCUT2D eigenvalue weighted by molar-refractivity contribution is -0.660. The molecule has 0 unspecified atom stereocenters. The summed E-state index contributed by atoms with van der Waals surface area (Å²) in [6.07, 6.45) is 0.384. The van der Waals surface area contributed by atoms with Gasteiger partial charge in [-0.1, -0.05) is 32.0 Å². The lowest BCUT2D eigenvalue weighted by atomic mass is 10.0. The van der Waals surface area contributed by atoms with Gasteiger partial charge in [-0.25, -0.2) is 0 Å². The van der Waals surface area contributed by atoms with E-state index in [2.05, 4.69) is 38.2 Å². The predicted molar refractivity (Wildman–Crippen MR) is 112 cm³/mol. The Morgan fingerprint density at radius 1 is 0.964 bits per heavy atom. The Morgan fingerprint density at radius 2 is 1.71 bits per heavy atom. The molecule has 0 radical (unpaired) electrons. The Hall–Kier alpha value is -2.24. The normalized spacial score (nSPS) is 12.1. The van der Waals surface area contributed by atoms with E-state index < -0.39 is 6.10 Å². The highest BCUT2D eigenvalue weighted by atomic mass is 16.5. The zero-order valence-corrected chi connectivity index (χ0v) is 17.7. The number of hydrogen-bond acceptors (Lipinski definition) is 4. The van der Waals surface area contributed by atoms with Crippen LogP contribution in [0.5, 0.6) is 17.2 Å². The van der Waals surface area contributed by atoms with E-state index in [1.807, 2.05) is 24.3 Å². The van der Waals surface area contributed by atoms with Crippen molar-refractivity contribution in [3.63, 3.8) is 0 Å². The number of aliphatic hydroxyl groups excluding tert-OH is 1. The Morgan fingerprint density at radius 3 is 2.39 bits per heavy atom. The Labute approximate surface area is 168 Å². The molecule has 2 aromatic rings. The van der Waals surface area contributed by atoms with Crippen molar-refractivity contribution < 1.29 is 24.6 Å². The summed E-state index contributed by atoms with van der Waals surface area (Å²) in [6.45, 7) is 8.14. The Kier molecular flexibility index (Phi) is 8.61. The summed E-state index contributed by atoms with van der Waals surface area (Å²) >= 11 is 0. The fourth-order valence-electron chi connectivity index (χ4n) is 3.11. The number of rotatable bonds is 11. The fourth-order valence-corrected chi connectivity index (χ4v) is 3.11. The average Bonchev–Trinajstić information content (AvgIpc) is 2.69. The molecule has 0 fully saturated rings. The molecule has 0 amide bonds. The minimum absolute atomic E-state index is 0.302. The predicted octanol–water partition coefficient (Wildman–Crippen LogP) is 2.68. The molecule has 0 aromatic heterocycles. The average molecular weight is 389 g/mol. The summed E-state index contributed by atoms with van der Waals surface area (Å²) in [7, 11) is 3.28. The van der Waals surface area contributed by atoms with Gasteiger partial charge < -0.3 is 24.6 Å². The zero-order valence-electron chi connectivity index (χ0n) is 17.7. The van der Waals surface area contributed by atoms with Gasteiger partial charge >= 0.3 is 0 Å². The zero-order chi connectivity index (χ0) is 20.5. The van der Waals surface area contributed by atoms with Crippen molar-refractivity contribution in [2.24, 2.45) is 0 Å². The summed E-state index contributed by atoms with van der Waals surface area (Å²) in [6, 6.07) is 12.2. The number of quaternary nitrogens is 1. The van der Waals surface area contributed by atoms with Crippen LogP contribution >= 0.6 is 0 Å². The molecule has 0 aliphatic rings. The van der Waals surface area contributed by atoms with Gasteiger partial charge in [0.25, 0.3) is 0 Å². The first-order valence-electron chi connectivity index (χ1n) is 9.88. The molecule has 28 heavy (non-hydrogen) atoms. The summed E-state index contributed by atoms with van der Waals surface area (Å²) in [4.78, 5) is 0. The van der Waals surface area contributed by atoms with Gasteiger partial charge in [-0.05, 0) is 47.7 Å². The lowest BCUT2D eigenvalue weighted by Gasteiger charge is -2.17. The van der Waals surface area contributed by atoms with Gasteiger partial charge in [-0.15, -0.1) is 0 Å². The highest BCUT2D eigenvalue weighted by Gasteiger charge is 2.12. The topological polar surface area (TPSA) is 64.5 Å². The van der Waals surface area contributed by atoms with E-state index in [4.69, 9.17) is 14.2 Å². The first kappa shape index (κ1) is 22.1. The number of benzene rings is 2. The molecule has 0 spiro atoms. The van der Waals surface area contributed by atoms with Crippen LogP contribution in [-0.4, -0.2) is 45.1 Å². The summed E-state index contributed by atoms with van der Waals surface area (Å²) < 4.78 is 16.5. The lowest BCUT2D eigenvalue weighted by Crippen LogP contribution is -2.87. The summed E-state index contributed by atoms with van der Waals surface area (Å²) in [5, 5.41) is 12.4. The van der Waals surface area contributed by atoms with Gasteiger partial charge in [0.05, 0.1) is 20.8 Å². The molecular formula is C23H34NO4+. The number of methoxy groups -OCH3 is 2. The van der Waals surface area contributed by atoms with Gasteiger partial charge in [0.2, 0.25) is 0 Å². The van der Waals surface area contributed by atoms with E-state index in [9.17, 15) is 5.11 Å². The standard InChI is InChI=1S/C23H33NO4/c1-16(2)20-8-6-17(3)12-22(20)28-15-19(25)14-24-11-10-18-7-9-21(26-4)23(13-18)27-5/h6-9,12-13,16,19,24-25H,10-11,14-15H2,1-5H3/p+1/t19-/m1/s1. The van der Waals surface area contributed by atoms with Gasteiger partial charge in [0.15, 0.2) is 11.5 Å². The van der Waals surface area contributed by atoms with Crippen molar-refractivity contribution in [3.05, 3.63) is 53.1 Å². The first-order chi connectivity index (χ1) is 13.4. The van der Waals surface area contributed by atoms with Gasteiger partial charge in [0.1, 0.15) is 25.0 Å². The van der Waals surface area contributed by atoms with Crippen LogP contribution in [0.3, 0.4) is 0 Å². The second-order valence-electron chi connectivity index (χ2n) is 7.41. The SMILES string of the molecule is COc1ccc(CC[NH2+]C[C@@H](O)COc2cc(C)ccc2C(C)C)cc1OC. The van der Waals surface area contributed by atoms with E-state index in [-0.39, 0.29) is 0 Å². The smallest absolute Gasteiger partial charge is 0.160 e. The second kappa shape index (κ2) is 10.9. The van der Waals surface area contributed by atoms with Crippen molar-refractivity contribution in [2.45, 2.75) is 39.2 Å². The molecule has 1 atom stereocenters. The maximum Gasteiger partial charge on any atom is 0.160 e. The second-order valence-corrected chi connectivity index (χ2v) is 7.41. The van der Waals surface area contributed by atoms with Crippen LogP contribution in [0.2, 0.25) is 0 Å². The molecule has 2 aromatic carbocycles. The van der Waals surface area contributed by atoms with Crippen molar-refractivity contribution in [1.29, 1.82) is 0 Å². The van der Waals surface area contributed by atoms with Crippen molar-refractivity contribution in [2.75, 3.05) is 33.9 Å². The van der Waals surface area contributed by atoms with E-state index in [0.29, 0.717) is 19.1 Å². The maximum absolute atomic E-state index is 10.3. The number of nitrogens with two attached hydrogens (primary N) is 1. The quantitative estimate of drug-likeness (QED) is 0.581. The molecule has 2 rings (SSSR count). The maximum atomic E-state index is 10.3. The molecule has 0 heterocycles. The van der Waals surface area contributed by atoms with E-state index in [0.717, 1.165) is 35.8 Å². The molecule has 0 aliphatic carbocycles. The summed E-state index contributed by atoms with van der Waals surface area (Å²) in [5.41, 5.74) is 3.52. The Balaban J connectivity index is 1.76. The number of aryl methyl sites for hydroxylation is 1. The van der Waals surface area contributed by atoms with Gasteiger partial charge in [-0.3, -0.25) is 0 Å².